The summed E-state index contributed by atoms with van der Waals surface area (Å²) in [6, 6.07) is 0. The Kier molecular flexibility index (Phi) is 16.3. The number of fused-ring (bicyclic) bond motifs is 1. The Hall–Kier alpha value is -0.784. The second-order valence-electron chi connectivity index (χ2n) is 12.1. The van der Waals surface area contributed by atoms with E-state index in [2.05, 4.69) is 11.9 Å². The number of allylic oxidation sites excluding steroid dienone is 4. The molecule has 10 atom stereocenters. The molecule has 3 aliphatic rings. The second-order valence-corrected chi connectivity index (χ2v) is 12.1. The van der Waals surface area contributed by atoms with Crippen LogP contribution < -0.4 is 61.8 Å². The van der Waals surface area contributed by atoms with Crippen LogP contribution in [0.15, 0.2) is 48.6 Å². The molecule has 3 saturated heterocycles. The summed E-state index contributed by atoms with van der Waals surface area (Å²) in [6.45, 7) is 11.9. The van der Waals surface area contributed by atoms with Gasteiger partial charge in [-0.05, 0) is 19.4 Å². The molecule has 0 aromatic rings. The summed E-state index contributed by atoms with van der Waals surface area (Å²) in [5, 5.41) is 24.4. The first-order chi connectivity index (χ1) is 20.8. The first-order valence-corrected chi connectivity index (χ1v) is 14.8. The third-order valence-electron chi connectivity index (χ3n) is 8.92. The molecular formula is C32H48KNO11. The van der Waals surface area contributed by atoms with Crippen molar-refractivity contribution in [3.05, 3.63) is 48.6 Å². The van der Waals surface area contributed by atoms with Crippen molar-refractivity contribution in [3.63, 3.8) is 0 Å². The Bertz CT molecular complexity index is 1090. The van der Waals surface area contributed by atoms with E-state index in [0.29, 0.717) is 12.8 Å². The molecule has 3 rings (SSSR count). The van der Waals surface area contributed by atoms with Crippen LogP contribution in [0.3, 0.4) is 0 Å². The van der Waals surface area contributed by atoms with E-state index in [1.807, 2.05) is 39.8 Å². The van der Waals surface area contributed by atoms with Crippen LogP contribution in [0.4, 0.5) is 0 Å². The summed E-state index contributed by atoms with van der Waals surface area (Å²) in [7, 11) is 4.60. The fourth-order valence-corrected chi connectivity index (χ4v) is 6.00. The molecule has 3 aliphatic heterocycles. The van der Waals surface area contributed by atoms with Crippen LogP contribution in [0.1, 0.15) is 47.0 Å². The molecule has 0 aliphatic carbocycles. The van der Waals surface area contributed by atoms with Gasteiger partial charge >= 0.3 is 51.4 Å². The van der Waals surface area contributed by atoms with Gasteiger partial charge in [0, 0.05) is 45.5 Å². The summed E-state index contributed by atoms with van der Waals surface area (Å²) in [5.74, 6) is -3.56. The number of carboxylic acids is 1. The van der Waals surface area contributed by atoms with Gasteiger partial charge in [-0.3, -0.25) is 4.79 Å². The molecule has 0 aromatic carbocycles. The number of carbonyl (C=O) groups excluding carboxylic acids is 2. The maximum Gasteiger partial charge on any atom is 1.00 e. The quantitative estimate of drug-likeness (QED) is 0.103. The van der Waals surface area contributed by atoms with Crippen molar-refractivity contribution >= 4 is 11.9 Å². The number of aliphatic hydroxyl groups is 1. The molecule has 0 aromatic heterocycles. The van der Waals surface area contributed by atoms with E-state index in [-0.39, 0.29) is 82.7 Å². The van der Waals surface area contributed by atoms with E-state index >= 15 is 0 Å². The number of amides is 1. The topological polar surface area (TPSA) is 154 Å². The van der Waals surface area contributed by atoms with Gasteiger partial charge in [-0.15, -0.1) is 0 Å². The van der Waals surface area contributed by atoms with E-state index in [0.717, 1.165) is 11.6 Å². The van der Waals surface area contributed by atoms with Crippen molar-refractivity contribution in [1.29, 1.82) is 0 Å². The van der Waals surface area contributed by atoms with Gasteiger partial charge in [-0.25, -0.2) is 0 Å². The van der Waals surface area contributed by atoms with Crippen LogP contribution in [-0.2, 0) is 42.7 Å². The van der Waals surface area contributed by atoms with Crippen molar-refractivity contribution in [2.45, 2.75) is 102 Å². The van der Waals surface area contributed by atoms with Crippen LogP contribution in [0.2, 0.25) is 0 Å². The van der Waals surface area contributed by atoms with Crippen molar-refractivity contribution in [2.75, 3.05) is 28.1 Å². The van der Waals surface area contributed by atoms with Gasteiger partial charge < -0.3 is 53.5 Å². The van der Waals surface area contributed by atoms with Gasteiger partial charge in [0.05, 0.1) is 30.4 Å². The minimum atomic E-state index is -1.67. The third kappa shape index (κ3) is 9.88. The van der Waals surface area contributed by atoms with Gasteiger partial charge in [-0.1, -0.05) is 63.3 Å². The number of ether oxygens (including phenoxy) is 7. The first kappa shape index (κ1) is 40.4. The average Bonchev–Trinajstić information content (AvgIpc) is 2.98. The molecular weight excluding hydrogens is 613 g/mol. The third-order valence-corrected chi connectivity index (χ3v) is 8.92. The van der Waals surface area contributed by atoms with Crippen molar-refractivity contribution in [3.8, 4) is 0 Å². The molecule has 12 nitrogen and oxygen atoms in total. The monoisotopic (exact) mass is 661 g/mol. The number of rotatable bonds is 13. The molecule has 3 heterocycles. The molecule has 1 amide bonds. The Morgan fingerprint density at radius 3 is 2.47 bits per heavy atom. The molecule has 13 heteroatoms. The number of carboxylic acid groups (broad SMARTS) is 1. The summed E-state index contributed by atoms with van der Waals surface area (Å²) < 4.78 is 41.6. The van der Waals surface area contributed by atoms with E-state index in [1.54, 1.807) is 26.4 Å². The maximum absolute atomic E-state index is 13.4. The normalized spacial score (nSPS) is 34.8. The van der Waals surface area contributed by atoms with Gasteiger partial charge in [0.25, 0.3) is 5.91 Å². The SMILES string of the molecule is C=C1C[C@](OC)([C@H](O)C(=O)N[C@@H]2OCO[C@H]3[C@@H]2O[C@H](C[C@@H](/C=C/C/C=C/C=C/C(=O)[O-])OC)C(C)(C)[C@@H]3OC)O[C@H](C)[C@@H]1C.[K+]. The van der Waals surface area contributed by atoms with Crippen LogP contribution >= 0.6 is 0 Å². The minimum Gasteiger partial charge on any atom is -0.545 e. The maximum atomic E-state index is 13.4. The largest absolute Gasteiger partial charge is 1.00 e. The van der Waals surface area contributed by atoms with Gasteiger partial charge in [-0.2, -0.15) is 0 Å². The van der Waals surface area contributed by atoms with E-state index in [4.69, 9.17) is 33.2 Å². The summed E-state index contributed by atoms with van der Waals surface area (Å²) in [6.07, 6.45) is 5.35. The molecule has 0 saturated carbocycles. The second kappa shape index (κ2) is 18.1. The van der Waals surface area contributed by atoms with E-state index in [9.17, 15) is 19.8 Å². The Morgan fingerprint density at radius 1 is 1.16 bits per heavy atom. The average molecular weight is 662 g/mol. The molecule has 0 unspecified atom stereocenters. The van der Waals surface area contributed by atoms with Crippen molar-refractivity contribution < 1.29 is 104 Å². The number of carbonyl (C=O) groups is 2. The number of aliphatic carboxylic acids is 1. The zero-order chi connectivity index (χ0) is 32.7. The Balaban J connectivity index is 0.00000705. The number of hydrogen-bond donors (Lipinski definition) is 2. The summed E-state index contributed by atoms with van der Waals surface area (Å²) in [4.78, 5) is 23.9. The molecule has 0 radical (unpaired) electrons. The van der Waals surface area contributed by atoms with Crippen LogP contribution in [0.5, 0.6) is 0 Å². The number of hydrogen-bond acceptors (Lipinski definition) is 11. The smallest absolute Gasteiger partial charge is 0.545 e. The first-order valence-electron chi connectivity index (χ1n) is 14.8. The number of methoxy groups -OCH3 is 3. The fourth-order valence-electron chi connectivity index (χ4n) is 6.00. The fraction of sp³-hybridized carbons (Fsp3) is 0.688. The number of aliphatic hydroxyl groups excluding tert-OH is 1. The molecule has 2 N–H and O–H groups in total. The summed E-state index contributed by atoms with van der Waals surface area (Å²) >= 11 is 0. The van der Waals surface area contributed by atoms with Crippen LogP contribution in [0, 0.1) is 11.3 Å². The van der Waals surface area contributed by atoms with Crippen molar-refractivity contribution in [1.82, 2.24) is 5.32 Å². The zero-order valence-electron chi connectivity index (χ0n) is 27.7. The Labute approximate surface area is 308 Å². The summed E-state index contributed by atoms with van der Waals surface area (Å²) in [5.41, 5.74) is 0.291. The predicted molar refractivity (Wildman–Crippen MR) is 158 cm³/mol. The molecule has 45 heavy (non-hydrogen) atoms. The zero-order valence-corrected chi connectivity index (χ0v) is 30.8. The molecule has 0 bridgehead atoms. The van der Waals surface area contributed by atoms with Gasteiger partial charge in [0.15, 0.2) is 12.3 Å². The van der Waals surface area contributed by atoms with Gasteiger partial charge in [0.2, 0.25) is 5.79 Å². The predicted octanol–water partition coefficient (Wildman–Crippen LogP) is -1.47. The van der Waals surface area contributed by atoms with E-state index < -0.39 is 59.8 Å². The molecule has 0 spiro atoms. The van der Waals surface area contributed by atoms with Gasteiger partial charge in [0.1, 0.15) is 19.0 Å². The Morgan fingerprint density at radius 2 is 1.87 bits per heavy atom. The molecule has 248 valence electrons. The molecule has 3 fully saturated rings. The van der Waals surface area contributed by atoms with Crippen molar-refractivity contribution in [2.24, 2.45) is 11.3 Å². The minimum absolute atomic E-state index is 0. The van der Waals surface area contributed by atoms with Crippen LogP contribution in [0.25, 0.3) is 0 Å². The standard InChI is InChI=1S/C32H49NO11.K/c1-19-17-32(40-8,44-21(3)20(19)2)27(36)29(37)33-30-26-25(41-18-42-30)28(39-7)31(4,5)23(43-26)16-22(38-6)14-12-10-9-11-13-15-24(34)35;/h9,11-15,20-23,25-28,30,36H,1,10,16-18H2,2-8H3,(H,33,37)(H,34,35);/q;+1/p-1/b11-9+,14-12+,15-13+;/t20-,21-,22-,23-,25+,26+,27-,28-,30-,32-;/m1./s1. The van der Waals surface area contributed by atoms with E-state index in [1.165, 1.54) is 13.2 Å². The van der Waals surface area contributed by atoms with Crippen LogP contribution in [-0.4, -0.2) is 99.8 Å². The number of nitrogens with one attached hydrogen (secondary N) is 1.